The van der Waals surface area contributed by atoms with Crippen LogP contribution in [-0.4, -0.2) is 24.3 Å². The summed E-state index contributed by atoms with van der Waals surface area (Å²) in [6.45, 7) is 10.9. The molecule has 1 aromatic rings. The molecule has 1 aromatic carbocycles. The van der Waals surface area contributed by atoms with E-state index in [-0.39, 0.29) is 0 Å². The summed E-state index contributed by atoms with van der Waals surface area (Å²) in [7, 11) is 0. The van der Waals surface area contributed by atoms with Crippen LogP contribution in [0.3, 0.4) is 0 Å². The molecule has 0 aliphatic carbocycles. The maximum absolute atomic E-state index is 11.7. The molecule has 0 saturated heterocycles. The van der Waals surface area contributed by atoms with Gasteiger partial charge >= 0.3 is 6.09 Å². The van der Waals surface area contributed by atoms with Crippen LogP contribution in [0.2, 0.25) is 0 Å². The Balaban J connectivity index is 2.38. The minimum atomic E-state index is -0.481. The van der Waals surface area contributed by atoms with Crippen molar-refractivity contribution in [1.29, 1.82) is 0 Å². The van der Waals surface area contributed by atoms with Gasteiger partial charge in [0.05, 0.1) is 0 Å². The fraction of sp³-hybridized carbons (Fsp3) is 0.611. The lowest BCUT2D eigenvalue weighted by Gasteiger charge is -2.19. The van der Waals surface area contributed by atoms with E-state index in [0.717, 1.165) is 18.7 Å². The molecule has 0 spiro atoms. The van der Waals surface area contributed by atoms with Gasteiger partial charge in [-0.05, 0) is 64.8 Å². The summed E-state index contributed by atoms with van der Waals surface area (Å²) in [6.07, 6.45) is 2.98. The fourth-order valence-electron chi connectivity index (χ4n) is 2.17. The molecule has 1 unspecified atom stereocenters. The van der Waals surface area contributed by atoms with E-state index in [2.05, 4.69) is 24.5 Å². The molecule has 0 aliphatic heterocycles. The summed E-state index contributed by atoms with van der Waals surface area (Å²) in [5.41, 5.74) is 1.53. The molecule has 1 amide bonds. The van der Waals surface area contributed by atoms with Crippen molar-refractivity contribution < 1.29 is 9.53 Å². The van der Waals surface area contributed by atoms with Crippen LogP contribution in [0.25, 0.3) is 0 Å². The monoisotopic (exact) mass is 306 g/mol. The molecule has 22 heavy (non-hydrogen) atoms. The molecule has 0 bridgehead atoms. The average molecular weight is 306 g/mol. The van der Waals surface area contributed by atoms with Crippen molar-refractivity contribution in [3.8, 4) is 0 Å². The fourth-order valence-corrected chi connectivity index (χ4v) is 2.17. The number of carbonyl (C=O) groups excluding carboxylic acids is 1. The highest BCUT2D eigenvalue weighted by atomic mass is 16.6. The lowest BCUT2D eigenvalue weighted by Crippen LogP contribution is -2.28. The van der Waals surface area contributed by atoms with Crippen LogP contribution in [0.1, 0.15) is 53.0 Å². The quantitative estimate of drug-likeness (QED) is 0.787. The van der Waals surface area contributed by atoms with Crippen LogP contribution in [0, 0.1) is 0 Å². The van der Waals surface area contributed by atoms with E-state index in [9.17, 15) is 4.79 Å². The Morgan fingerprint density at radius 2 is 1.86 bits per heavy atom. The van der Waals surface area contributed by atoms with Crippen LogP contribution >= 0.6 is 0 Å². The van der Waals surface area contributed by atoms with Crippen molar-refractivity contribution in [2.45, 2.75) is 65.5 Å². The van der Waals surface area contributed by atoms with Crippen molar-refractivity contribution in [2.75, 3.05) is 11.9 Å². The number of ether oxygens (including phenoxy) is 1. The summed E-state index contributed by atoms with van der Waals surface area (Å²) in [4.78, 5) is 11.7. The zero-order valence-electron chi connectivity index (χ0n) is 14.5. The van der Waals surface area contributed by atoms with Gasteiger partial charge in [0.2, 0.25) is 0 Å². The van der Waals surface area contributed by atoms with Crippen LogP contribution in [0.4, 0.5) is 10.5 Å². The van der Waals surface area contributed by atoms with Crippen LogP contribution < -0.4 is 10.6 Å². The number of amides is 1. The molecule has 2 N–H and O–H groups in total. The zero-order chi connectivity index (χ0) is 16.6. The van der Waals surface area contributed by atoms with E-state index in [4.69, 9.17) is 4.74 Å². The summed E-state index contributed by atoms with van der Waals surface area (Å²) < 4.78 is 5.23. The normalized spacial score (nSPS) is 12.8. The van der Waals surface area contributed by atoms with Crippen molar-refractivity contribution in [3.63, 3.8) is 0 Å². The van der Waals surface area contributed by atoms with Gasteiger partial charge in [0, 0.05) is 11.7 Å². The predicted octanol–water partition coefficient (Wildman–Crippen LogP) is 4.35. The predicted molar refractivity (Wildman–Crippen MR) is 92.4 cm³/mol. The molecular weight excluding hydrogens is 276 g/mol. The maximum atomic E-state index is 11.7. The Kier molecular flexibility index (Phi) is 7.39. The van der Waals surface area contributed by atoms with E-state index in [0.29, 0.717) is 6.04 Å². The molecule has 0 aliphatic rings. The van der Waals surface area contributed by atoms with Gasteiger partial charge in [-0.25, -0.2) is 4.79 Å². The lowest BCUT2D eigenvalue weighted by molar-refractivity contribution is 0.0636. The Morgan fingerprint density at radius 1 is 1.23 bits per heavy atom. The number of benzene rings is 1. The largest absolute Gasteiger partial charge is 0.444 e. The van der Waals surface area contributed by atoms with Gasteiger partial charge in [0.1, 0.15) is 5.60 Å². The third-order valence-corrected chi connectivity index (χ3v) is 3.23. The number of nitrogens with one attached hydrogen (secondary N) is 2. The highest BCUT2D eigenvalue weighted by molar-refractivity contribution is 5.84. The summed E-state index contributed by atoms with van der Waals surface area (Å²) in [5, 5.41) is 6.25. The van der Waals surface area contributed by atoms with Gasteiger partial charge in [-0.1, -0.05) is 25.5 Å². The summed E-state index contributed by atoms with van der Waals surface area (Å²) in [6, 6.07) is 8.47. The van der Waals surface area contributed by atoms with Crippen LogP contribution in [0.5, 0.6) is 0 Å². The van der Waals surface area contributed by atoms with E-state index in [1.165, 1.54) is 18.4 Å². The highest BCUT2D eigenvalue weighted by Gasteiger charge is 2.15. The van der Waals surface area contributed by atoms with E-state index < -0.39 is 11.7 Å². The first-order valence-corrected chi connectivity index (χ1v) is 8.12. The second-order valence-corrected chi connectivity index (χ2v) is 6.72. The van der Waals surface area contributed by atoms with Crippen molar-refractivity contribution in [2.24, 2.45) is 0 Å². The summed E-state index contributed by atoms with van der Waals surface area (Å²) in [5.74, 6) is 0. The number of carbonyl (C=O) groups is 1. The molecule has 4 heteroatoms. The van der Waals surface area contributed by atoms with Gasteiger partial charge in [-0.15, -0.1) is 0 Å². The number of hydrogen-bond acceptors (Lipinski definition) is 3. The van der Waals surface area contributed by atoms with Crippen molar-refractivity contribution >= 4 is 11.8 Å². The number of rotatable bonds is 7. The molecular formula is C18H30N2O2. The molecule has 0 radical (unpaired) electrons. The molecule has 1 rings (SSSR count). The second-order valence-electron chi connectivity index (χ2n) is 6.72. The standard InChI is InChI=1S/C18H30N2O2/c1-6-7-14(2)19-13-12-15-8-10-16(11-9-15)20-17(21)22-18(3,4)5/h8-11,14,19H,6-7,12-13H2,1-5H3,(H,20,21). The molecule has 4 nitrogen and oxygen atoms in total. The highest BCUT2D eigenvalue weighted by Crippen LogP contribution is 2.13. The minimum Gasteiger partial charge on any atom is -0.444 e. The van der Waals surface area contributed by atoms with Gasteiger partial charge < -0.3 is 10.1 Å². The van der Waals surface area contributed by atoms with Gasteiger partial charge in [-0.3, -0.25) is 5.32 Å². The zero-order valence-corrected chi connectivity index (χ0v) is 14.5. The Morgan fingerprint density at radius 3 is 2.41 bits per heavy atom. The molecule has 0 saturated carbocycles. The Labute approximate surface area is 134 Å². The molecule has 0 fully saturated rings. The molecule has 124 valence electrons. The Bertz CT molecular complexity index is 449. The first-order valence-electron chi connectivity index (χ1n) is 8.12. The van der Waals surface area contributed by atoms with Crippen LogP contribution in [-0.2, 0) is 11.2 Å². The van der Waals surface area contributed by atoms with Gasteiger partial charge in [0.25, 0.3) is 0 Å². The first-order chi connectivity index (χ1) is 10.3. The van der Waals surface area contributed by atoms with E-state index in [1.807, 2.05) is 45.0 Å². The smallest absolute Gasteiger partial charge is 0.412 e. The summed E-state index contributed by atoms with van der Waals surface area (Å²) >= 11 is 0. The maximum Gasteiger partial charge on any atom is 0.412 e. The van der Waals surface area contributed by atoms with E-state index in [1.54, 1.807) is 0 Å². The van der Waals surface area contributed by atoms with Gasteiger partial charge in [-0.2, -0.15) is 0 Å². The first kappa shape index (κ1) is 18.5. The lowest BCUT2D eigenvalue weighted by atomic mass is 10.1. The van der Waals surface area contributed by atoms with Crippen molar-refractivity contribution in [3.05, 3.63) is 29.8 Å². The molecule has 1 atom stereocenters. The van der Waals surface area contributed by atoms with Crippen LogP contribution in [0.15, 0.2) is 24.3 Å². The van der Waals surface area contributed by atoms with Crippen molar-refractivity contribution in [1.82, 2.24) is 5.32 Å². The molecule has 0 aromatic heterocycles. The number of hydrogen-bond donors (Lipinski definition) is 2. The minimum absolute atomic E-state index is 0.421. The van der Waals surface area contributed by atoms with E-state index >= 15 is 0 Å². The molecule has 0 heterocycles. The number of anilines is 1. The second kappa shape index (κ2) is 8.79. The topological polar surface area (TPSA) is 50.4 Å². The average Bonchev–Trinajstić information content (AvgIpc) is 2.39. The Hall–Kier alpha value is -1.55. The third kappa shape index (κ3) is 8.03. The third-order valence-electron chi connectivity index (χ3n) is 3.23. The SMILES string of the molecule is CCCC(C)NCCc1ccc(NC(=O)OC(C)(C)C)cc1. The van der Waals surface area contributed by atoms with Gasteiger partial charge in [0.15, 0.2) is 0 Å².